The normalized spacial score (nSPS) is 20.8. The van der Waals surface area contributed by atoms with Gasteiger partial charge in [-0.25, -0.2) is 18.7 Å². The zero-order valence-electron chi connectivity index (χ0n) is 10.7. The van der Waals surface area contributed by atoms with E-state index in [0.717, 1.165) is 12.5 Å². The van der Waals surface area contributed by atoms with Gasteiger partial charge in [-0.05, 0) is 25.0 Å². The summed E-state index contributed by atoms with van der Waals surface area (Å²) in [5, 5.41) is 3.52. The first kappa shape index (κ1) is 13.2. The summed E-state index contributed by atoms with van der Waals surface area (Å²) in [5.41, 5.74) is 0.402. The first-order chi connectivity index (χ1) is 9.54. The maximum absolute atomic E-state index is 13.7. The molecule has 0 spiro atoms. The van der Waals surface area contributed by atoms with Crippen molar-refractivity contribution >= 4 is 17.4 Å². The van der Waals surface area contributed by atoms with Crippen molar-refractivity contribution in [2.45, 2.75) is 25.3 Å². The summed E-state index contributed by atoms with van der Waals surface area (Å²) in [6.07, 6.45) is 0.737. The zero-order valence-corrected chi connectivity index (χ0v) is 11.5. The molecule has 1 heterocycles. The fourth-order valence-corrected chi connectivity index (χ4v) is 2.53. The van der Waals surface area contributed by atoms with E-state index >= 15 is 0 Å². The van der Waals surface area contributed by atoms with Crippen LogP contribution in [0.25, 0.3) is 0 Å². The van der Waals surface area contributed by atoms with Crippen LogP contribution in [-0.2, 0) is 0 Å². The second kappa shape index (κ2) is 4.98. The van der Waals surface area contributed by atoms with Crippen LogP contribution in [0.15, 0.2) is 24.3 Å². The molecule has 104 valence electrons. The molecule has 1 N–H and O–H groups in total. The average molecular weight is 296 g/mol. The van der Waals surface area contributed by atoms with E-state index in [1.54, 1.807) is 19.1 Å². The highest BCUT2D eigenvalue weighted by Gasteiger charge is 2.40. The van der Waals surface area contributed by atoms with E-state index in [2.05, 4.69) is 15.3 Å². The molecule has 0 bridgehead atoms. The van der Waals surface area contributed by atoms with Gasteiger partial charge in [0.25, 0.3) is 0 Å². The highest BCUT2D eigenvalue weighted by molar-refractivity contribution is 6.29. The predicted octanol–water partition coefficient (Wildman–Crippen LogP) is 3.68. The Morgan fingerprint density at radius 2 is 2.10 bits per heavy atom. The van der Waals surface area contributed by atoms with Crippen molar-refractivity contribution in [3.05, 3.63) is 52.4 Å². The molecule has 0 saturated heterocycles. The Labute approximate surface area is 120 Å². The number of nitrogens with zero attached hydrogens (tertiary/aromatic N) is 2. The Morgan fingerprint density at radius 1 is 1.30 bits per heavy atom. The van der Waals surface area contributed by atoms with Gasteiger partial charge >= 0.3 is 0 Å². The maximum Gasteiger partial charge on any atom is 0.162 e. The topological polar surface area (TPSA) is 37.8 Å². The molecule has 3 nitrogen and oxygen atoms in total. The van der Waals surface area contributed by atoms with Crippen LogP contribution in [0.4, 0.5) is 14.6 Å². The van der Waals surface area contributed by atoms with Gasteiger partial charge in [-0.1, -0.05) is 23.7 Å². The summed E-state index contributed by atoms with van der Waals surface area (Å²) in [4.78, 5) is 8.18. The maximum atomic E-state index is 13.7. The SMILES string of the molecule is Cc1nc(Cl)cc(N[C@@H]2C[C@@H]2c2cccc(F)c2F)n1. The van der Waals surface area contributed by atoms with Gasteiger partial charge in [0, 0.05) is 18.0 Å². The Bertz CT molecular complexity index is 643. The monoisotopic (exact) mass is 295 g/mol. The molecule has 1 aliphatic rings. The Kier molecular flexibility index (Phi) is 3.30. The van der Waals surface area contributed by atoms with Crippen LogP contribution in [0, 0.1) is 18.6 Å². The molecule has 2 aromatic rings. The van der Waals surface area contributed by atoms with Crippen molar-refractivity contribution < 1.29 is 8.78 Å². The third kappa shape index (κ3) is 2.58. The molecule has 20 heavy (non-hydrogen) atoms. The first-order valence-corrected chi connectivity index (χ1v) is 6.64. The molecule has 1 aromatic heterocycles. The molecule has 0 amide bonds. The van der Waals surface area contributed by atoms with Crippen molar-refractivity contribution in [1.82, 2.24) is 9.97 Å². The molecule has 0 radical (unpaired) electrons. The van der Waals surface area contributed by atoms with Crippen LogP contribution < -0.4 is 5.32 Å². The molecule has 2 atom stereocenters. The quantitative estimate of drug-likeness (QED) is 0.878. The third-order valence-corrected chi connectivity index (χ3v) is 3.50. The number of hydrogen-bond donors (Lipinski definition) is 1. The number of aromatic nitrogens is 2. The van der Waals surface area contributed by atoms with E-state index in [-0.39, 0.29) is 12.0 Å². The highest BCUT2D eigenvalue weighted by Crippen LogP contribution is 2.44. The number of nitrogens with one attached hydrogen (secondary N) is 1. The summed E-state index contributed by atoms with van der Waals surface area (Å²) in [7, 11) is 0. The lowest BCUT2D eigenvalue weighted by Crippen LogP contribution is -2.08. The molecule has 6 heteroatoms. The second-order valence-electron chi connectivity index (χ2n) is 4.86. The molecule has 1 aliphatic carbocycles. The molecule has 3 rings (SSSR count). The molecule has 1 aromatic carbocycles. The Morgan fingerprint density at radius 3 is 2.85 bits per heavy atom. The van der Waals surface area contributed by atoms with Crippen LogP contribution in [0.5, 0.6) is 0 Å². The molecule has 1 fully saturated rings. The van der Waals surface area contributed by atoms with Crippen LogP contribution >= 0.6 is 11.6 Å². The van der Waals surface area contributed by atoms with Gasteiger partial charge in [-0.3, -0.25) is 0 Å². The minimum Gasteiger partial charge on any atom is -0.367 e. The fourth-order valence-electron chi connectivity index (χ4n) is 2.30. The van der Waals surface area contributed by atoms with Gasteiger partial charge in [-0.2, -0.15) is 0 Å². The molecule has 1 saturated carbocycles. The third-order valence-electron chi connectivity index (χ3n) is 3.31. The van der Waals surface area contributed by atoms with Gasteiger partial charge in [0.15, 0.2) is 11.6 Å². The van der Waals surface area contributed by atoms with Gasteiger partial charge < -0.3 is 5.32 Å². The zero-order chi connectivity index (χ0) is 14.3. The summed E-state index contributed by atoms with van der Waals surface area (Å²) in [6.45, 7) is 1.74. The highest BCUT2D eigenvalue weighted by atomic mass is 35.5. The van der Waals surface area contributed by atoms with Crippen LogP contribution in [-0.4, -0.2) is 16.0 Å². The number of rotatable bonds is 3. The lowest BCUT2D eigenvalue weighted by atomic mass is 10.1. The first-order valence-electron chi connectivity index (χ1n) is 6.26. The minimum absolute atomic E-state index is 0.0386. The minimum atomic E-state index is -0.811. The van der Waals surface area contributed by atoms with Crippen molar-refractivity contribution in [2.75, 3.05) is 5.32 Å². The van der Waals surface area contributed by atoms with E-state index in [4.69, 9.17) is 11.6 Å². The summed E-state index contributed by atoms with van der Waals surface area (Å²) < 4.78 is 26.9. The van der Waals surface area contributed by atoms with Crippen molar-refractivity contribution in [1.29, 1.82) is 0 Å². The van der Waals surface area contributed by atoms with Gasteiger partial charge in [0.05, 0.1) is 0 Å². The van der Waals surface area contributed by atoms with E-state index < -0.39 is 11.6 Å². The smallest absolute Gasteiger partial charge is 0.162 e. The van der Waals surface area contributed by atoms with E-state index in [1.807, 2.05) is 0 Å². The van der Waals surface area contributed by atoms with Crippen molar-refractivity contribution in [3.63, 3.8) is 0 Å². The number of anilines is 1. The summed E-state index contributed by atoms with van der Waals surface area (Å²) in [5.74, 6) is -0.450. The fraction of sp³-hybridized carbons (Fsp3) is 0.286. The van der Waals surface area contributed by atoms with E-state index in [1.165, 1.54) is 6.07 Å². The number of benzene rings is 1. The second-order valence-corrected chi connectivity index (χ2v) is 5.25. The molecule has 0 unspecified atom stereocenters. The average Bonchev–Trinajstić information content (AvgIpc) is 3.10. The molecular formula is C14H12ClF2N3. The van der Waals surface area contributed by atoms with Gasteiger partial charge in [0.1, 0.15) is 16.8 Å². The van der Waals surface area contributed by atoms with Gasteiger partial charge in [-0.15, -0.1) is 0 Å². The number of hydrogen-bond acceptors (Lipinski definition) is 3. The summed E-state index contributed by atoms with van der Waals surface area (Å²) >= 11 is 5.85. The summed E-state index contributed by atoms with van der Waals surface area (Å²) in [6, 6.07) is 5.91. The van der Waals surface area contributed by atoms with E-state index in [9.17, 15) is 8.78 Å². The van der Waals surface area contributed by atoms with Crippen LogP contribution in [0.2, 0.25) is 5.15 Å². The number of aryl methyl sites for hydroxylation is 1. The van der Waals surface area contributed by atoms with Crippen molar-refractivity contribution in [3.8, 4) is 0 Å². The van der Waals surface area contributed by atoms with Crippen molar-refractivity contribution in [2.24, 2.45) is 0 Å². The standard InChI is InChI=1S/C14H12ClF2N3/c1-7-18-12(15)6-13(19-7)20-11-5-9(11)8-3-2-4-10(16)14(8)17/h2-4,6,9,11H,5H2,1H3,(H,18,19,20)/t9-,11-/m1/s1. The predicted molar refractivity (Wildman–Crippen MR) is 72.9 cm³/mol. The molecule has 0 aliphatic heterocycles. The van der Waals surface area contributed by atoms with E-state index in [0.29, 0.717) is 22.4 Å². The molecular weight excluding hydrogens is 284 g/mol. The number of halogens is 3. The lowest BCUT2D eigenvalue weighted by molar-refractivity contribution is 0.499. The lowest BCUT2D eigenvalue weighted by Gasteiger charge is -2.07. The Balaban J connectivity index is 1.75. The largest absolute Gasteiger partial charge is 0.367 e. The van der Waals surface area contributed by atoms with Gasteiger partial charge in [0.2, 0.25) is 0 Å². The van der Waals surface area contributed by atoms with Crippen LogP contribution in [0.1, 0.15) is 23.7 Å². The Hall–Kier alpha value is -1.75. The van der Waals surface area contributed by atoms with Crippen LogP contribution in [0.3, 0.4) is 0 Å².